The Hall–Kier alpha value is -1.07. The van der Waals surface area contributed by atoms with Gasteiger partial charge in [-0.2, -0.15) is 0 Å². The summed E-state index contributed by atoms with van der Waals surface area (Å²) in [5, 5.41) is 67.4. The molecule has 9 nitrogen and oxygen atoms in total. The van der Waals surface area contributed by atoms with Crippen LogP contribution in [0.25, 0.3) is 0 Å². The Labute approximate surface area is 268 Å². The topological polar surface area (TPSA) is 160 Å². The van der Waals surface area contributed by atoms with E-state index >= 15 is 0 Å². The molecule has 4 saturated carbocycles. The van der Waals surface area contributed by atoms with E-state index in [1.807, 2.05) is 0 Å². The lowest BCUT2D eigenvalue weighted by Crippen LogP contribution is -2.70. The number of amides is 1. The van der Waals surface area contributed by atoms with Crippen LogP contribution in [-0.4, -0.2) is 86.0 Å². The molecule has 0 radical (unpaired) electrons. The summed E-state index contributed by atoms with van der Waals surface area (Å²) in [7, 11) is 0. The maximum atomic E-state index is 14.5. The first-order valence-electron chi connectivity index (χ1n) is 17.5. The third-order valence-electron chi connectivity index (χ3n) is 15.3. The first kappa shape index (κ1) is 33.8. The number of ether oxygens (including phenoxy) is 1. The molecular formula is C36H59NO8. The highest BCUT2D eigenvalue weighted by atomic mass is 16.6. The van der Waals surface area contributed by atoms with Gasteiger partial charge in [-0.05, 0) is 103 Å². The van der Waals surface area contributed by atoms with E-state index in [1.165, 1.54) is 5.57 Å². The summed E-state index contributed by atoms with van der Waals surface area (Å²) in [6.45, 7) is 15.6. The molecule has 1 amide bonds. The molecule has 6 rings (SSSR count). The minimum absolute atomic E-state index is 0.0404. The summed E-state index contributed by atoms with van der Waals surface area (Å²) in [6.07, 6.45) is 1.21. The molecule has 0 spiro atoms. The Morgan fingerprint density at radius 2 is 1.53 bits per heavy atom. The highest BCUT2D eigenvalue weighted by Crippen LogP contribution is 2.75. The van der Waals surface area contributed by atoms with Crippen molar-refractivity contribution in [1.29, 1.82) is 0 Å². The molecule has 1 aliphatic heterocycles. The lowest BCUT2D eigenvalue weighted by atomic mass is 9.33. The quantitative estimate of drug-likeness (QED) is 0.234. The first-order valence-corrected chi connectivity index (χ1v) is 17.5. The average Bonchev–Trinajstić information content (AvgIpc) is 2.95. The molecule has 1 saturated heterocycles. The van der Waals surface area contributed by atoms with Crippen LogP contribution in [0.1, 0.15) is 106 Å². The van der Waals surface area contributed by atoms with Crippen molar-refractivity contribution in [3.8, 4) is 0 Å². The predicted molar refractivity (Wildman–Crippen MR) is 168 cm³/mol. The Morgan fingerprint density at radius 1 is 0.844 bits per heavy atom. The Kier molecular flexibility index (Phi) is 8.05. The minimum atomic E-state index is -1.60. The molecule has 5 aliphatic carbocycles. The van der Waals surface area contributed by atoms with Crippen molar-refractivity contribution in [2.24, 2.45) is 50.2 Å². The number of allylic oxidation sites excluding steroid dienone is 2. The first-order chi connectivity index (χ1) is 20.8. The van der Waals surface area contributed by atoms with Crippen molar-refractivity contribution in [1.82, 2.24) is 5.32 Å². The van der Waals surface area contributed by atoms with Crippen LogP contribution in [0, 0.1) is 50.2 Å². The minimum Gasteiger partial charge on any atom is -0.394 e. The van der Waals surface area contributed by atoms with Gasteiger partial charge in [0, 0.05) is 0 Å². The van der Waals surface area contributed by atoms with Gasteiger partial charge in [-0.15, -0.1) is 0 Å². The van der Waals surface area contributed by atoms with Crippen molar-refractivity contribution < 1.29 is 40.2 Å². The molecule has 256 valence electrons. The second-order valence-corrected chi connectivity index (χ2v) is 18.1. The smallest absolute Gasteiger partial charge is 0.231 e. The van der Waals surface area contributed by atoms with Crippen molar-refractivity contribution in [2.45, 2.75) is 149 Å². The van der Waals surface area contributed by atoms with Gasteiger partial charge in [-0.3, -0.25) is 4.79 Å². The van der Waals surface area contributed by atoms with Crippen LogP contribution < -0.4 is 5.32 Å². The van der Waals surface area contributed by atoms with Crippen LogP contribution in [0.2, 0.25) is 0 Å². The van der Waals surface area contributed by atoms with Gasteiger partial charge < -0.3 is 40.7 Å². The average molecular weight is 634 g/mol. The lowest BCUT2D eigenvalue weighted by molar-refractivity contribution is -0.240. The van der Waals surface area contributed by atoms with Gasteiger partial charge in [-0.25, -0.2) is 0 Å². The normalized spacial score (nSPS) is 53.6. The molecule has 14 atom stereocenters. The van der Waals surface area contributed by atoms with Crippen molar-refractivity contribution in [2.75, 3.05) is 6.61 Å². The van der Waals surface area contributed by atoms with E-state index in [2.05, 4.69) is 59.9 Å². The molecule has 6 aliphatic rings. The fourth-order valence-corrected chi connectivity index (χ4v) is 12.2. The molecular weight excluding hydrogens is 574 g/mol. The molecule has 0 bridgehead atoms. The Bertz CT molecular complexity index is 1220. The summed E-state index contributed by atoms with van der Waals surface area (Å²) in [5.41, 5.74) is -0.413. The molecule has 6 unspecified atom stereocenters. The van der Waals surface area contributed by atoms with Gasteiger partial charge in [0.05, 0.1) is 24.2 Å². The molecule has 5 fully saturated rings. The molecule has 45 heavy (non-hydrogen) atoms. The number of carbonyl (C=O) groups is 1. The number of hydrogen-bond acceptors (Lipinski definition) is 8. The number of rotatable bonds is 3. The second-order valence-electron chi connectivity index (χ2n) is 18.1. The third kappa shape index (κ3) is 4.54. The third-order valence-corrected chi connectivity index (χ3v) is 15.3. The molecule has 0 aromatic heterocycles. The van der Waals surface area contributed by atoms with Crippen molar-refractivity contribution in [3.05, 3.63) is 11.6 Å². The summed E-state index contributed by atoms with van der Waals surface area (Å²) >= 11 is 0. The van der Waals surface area contributed by atoms with E-state index in [4.69, 9.17) is 4.74 Å². The highest BCUT2D eigenvalue weighted by Gasteiger charge is 2.71. The van der Waals surface area contributed by atoms with Crippen molar-refractivity contribution in [3.63, 3.8) is 0 Å². The van der Waals surface area contributed by atoms with E-state index in [-0.39, 0.29) is 39.1 Å². The van der Waals surface area contributed by atoms with Crippen LogP contribution in [-0.2, 0) is 9.53 Å². The van der Waals surface area contributed by atoms with Crippen molar-refractivity contribution >= 4 is 5.91 Å². The van der Waals surface area contributed by atoms with Crippen LogP contribution in [0.3, 0.4) is 0 Å². The fourth-order valence-electron chi connectivity index (χ4n) is 12.2. The fraction of sp³-hybridized carbons (Fsp3) is 0.917. The maximum absolute atomic E-state index is 14.5. The summed E-state index contributed by atoms with van der Waals surface area (Å²) in [5.74, 6) is 0.181. The van der Waals surface area contributed by atoms with Gasteiger partial charge in [0.25, 0.3) is 0 Å². The Morgan fingerprint density at radius 3 is 2.20 bits per heavy atom. The van der Waals surface area contributed by atoms with Crippen LogP contribution in [0.4, 0.5) is 0 Å². The number of fused-ring (bicyclic) bond motifs is 7. The van der Waals surface area contributed by atoms with Crippen LogP contribution in [0.5, 0.6) is 0 Å². The number of carbonyl (C=O) groups excluding carboxylic acids is 1. The maximum Gasteiger partial charge on any atom is 0.231 e. The summed E-state index contributed by atoms with van der Waals surface area (Å²) in [4.78, 5) is 14.5. The summed E-state index contributed by atoms with van der Waals surface area (Å²) in [6, 6.07) is 0. The Balaban J connectivity index is 1.38. The summed E-state index contributed by atoms with van der Waals surface area (Å²) < 4.78 is 5.69. The van der Waals surface area contributed by atoms with Gasteiger partial charge in [0.1, 0.15) is 24.4 Å². The molecule has 0 aromatic carbocycles. The second kappa shape index (κ2) is 10.7. The largest absolute Gasteiger partial charge is 0.394 e. The standard InChI is InChI=1S/C36H59NO8/c1-31(2)14-15-36(30(44)37-29-28(43)27(42)26(41)21(18-38)45-29)20(16-31)19-8-9-23-33(5)12-11-24(39)32(3,4)22(33)10-13-34(23,6)35(19,7)17-25(36)40/h8,20-29,38-43H,9-18H2,1-7H3,(H,37,44)/t20?,21?,22?,23?,24-,25+,26-,27?,28?,29-,33-,34+,35+,36+/m0/s1. The molecule has 7 N–H and O–H groups in total. The van der Waals surface area contributed by atoms with E-state index in [0.29, 0.717) is 24.7 Å². The highest BCUT2D eigenvalue weighted by molar-refractivity contribution is 5.85. The molecule has 1 heterocycles. The zero-order valence-electron chi connectivity index (χ0n) is 28.4. The van der Waals surface area contributed by atoms with E-state index < -0.39 is 54.7 Å². The predicted octanol–water partition coefficient (Wildman–Crippen LogP) is 3.04. The van der Waals surface area contributed by atoms with E-state index in [0.717, 1.165) is 44.9 Å². The van der Waals surface area contributed by atoms with Gasteiger partial charge in [0.15, 0.2) is 6.23 Å². The van der Waals surface area contributed by atoms with E-state index in [9.17, 15) is 35.4 Å². The van der Waals surface area contributed by atoms with Crippen LogP contribution >= 0.6 is 0 Å². The number of nitrogens with one attached hydrogen (secondary N) is 1. The monoisotopic (exact) mass is 633 g/mol. The molecule has 9 heteroatoms. The van der Waals surface area contributed by atoms with E-state index in [1.54, 1.807) is 0 Å². The lowest BCUT2D eigenvalue weighted by Gasteiger charge is -2.71. The van der Waals surface area contributed by atoms with Gasteiger partial charge >= 0.3 is 0 Å². The number of aliphatic hydroxyl groups is 6. The molecule has 0 aromatic rings. The SMILES string of the molecule is CC1(C)CC[C@@]2(C(=O)N[C@H]3OC(CO)[C@H](O)C(O)C3O)C(C1)C1=CCC3[C@@]4(C)CC[C@H](O)C(C)(C)C4CC[C@@]3(C)[C@]1(C)C[C@H]2O. The van der Waals surface area contributed by atoms with Crippen LogP contribution in [0.15, 0.2) is 11.6 Å². The number of hydrogen-bond donors (Lipinski definition) is 7. The zero-order valence-corrected chi connectivity index (χ0v) is 28.4. The zero-order chi connectivity index (χ0) is 33.1. The van der Waals surface area contributed by atoms with Gasteiger partial charge in [0.2, 0.25) is 5.91 Å². The van der Waals surface area contributed by atoms with Gasteiger partial charge in [-0.1, -0.05) is 60.1 Å². The number of aliphatic hydroxyl groups excluding tert-OH is 6.